The van der Waals surface area contributed by atoms with E-state index in [1.54, 1.807) is 24.3 Å². The minimum atomic E-state index is -0.338. The van der Waals surface area contributed by atoms with Crippen LogP contribution in [0.4, 0.5) is 10.8 Å². The molecule has 0 aliphatic rings. The maximum Gasteiger partial charge on any atom is 0.244 e. The monoisotopic (exact) mass is 305 g/mol. The summed E-state index contributed by atoms with van der Waals surface area (Å²) in [5, 5.41) is 4.00. The van der Waals surface area contributed by atoms with Crippen LogP contribution in [0.2, 0.25) is 0 Å². The lowest BCUT2D eigenvalue weighted by atomic mass is 10.1. The Hall–Kier alpha value is -2.15. The Morgan fingerprint density at radius 1 is 1.48 bits per heavy atom. The van der Waals surface area contributed by atoms with Gasteiger partial charge in [0.05, 0.1) is 5.56 Å². The predicted molar refractivity (Wildman–Crippen MR) is 86.2 cm³/mol. The number of aromatic nitrogens is 2. The molecule has 0 radical (unpaired) electrons. The zero-order valence-corrected chi connectivity index (χ0v) is 13.1. The van der Waals surface area contributed by atoms with E-state index < -0.39 is 0 Å². The Morgan fingerprint density at radius 3 is 2.76 bits per heavy atom. The van der Waals surface area contributed by atoms with E-state index >= 15 is 0 Å². The van der Waals surface area contributed by atoms with Gasteiger partial charge in [-0.15, -0.1) is 0 Å². The quantitative estimate of drug-likeness (QED) is 0.883. The average molecular weight is 305 g/mol. The summed E-state index contributed by atoms with van der Waals surface area (Å²) in [6.45, 7) is 4.45. The van der Waals surface area contributed by atoms with Gasteiger partial charge in [0.15, 0.2) is 0 Å². The van der Waals surface area contributed by atoms with Crippen molar-refractivity contribution in [1.29, 1.82) is 0 Å². The maximum atomic E-state index is 12.1. The summed E-state index contributed by atoms with van der Waals surface area (Å²) in [6.07, 6.45) is 3.41. The first-order chi connectivity index (χ1) is 10.0. The molecule has 1 amide bonds. The van der Waals surface area contributed by atoms with Gasteiger partial charge in [0.1, 0.15) is 16.9 Å². The van der Waals surface area contributed by atoms with Crippen LogP contribution < -0.4 is 11.1 Å². The SMILES string of the molecule is CCN(C)C(=O)C(C)Nc1snc(N)c1-c1ccncc1. The molecular formula is C14H19N5OS. The largest absolute Gasteiger partial charge is 0.382 e. The number of nitrogens with zero attached hydrogens (tertiary/aromatic N) is 3. The number of amides is 1. The Labute approximate surface area is 128 Å². The van der Waals surface area contributed by atoms with Crippen LogP contribution in [0.1, 0.15) is 13.8 Å². The number of carbonyl (C=O) groups is 1. The van der Waals surface area contributed by atoms with E-state index in [1.165, 1.54) is 11.5 Å². The van der Waals surface area contributed by atoms with E-state index in [9.17, 15) is 4.79 Å². The molecule has 7 heteroatoms. The summed E-state index contributed by atoms with van der Waals surface area (Å²) in [5.74, 6) is 0.488. The molecule has 0 aliphatic carbocycles. The van der Waals surface area contributed by atoms with Crippen LogP contribution in [0.15, 0.2) is 24.5 Å². The van der Waals surface area contributed by atoms with E-state index in [4.69, 9.17) is 5.73 Å². The summed E-state index contributed by atoms with van der Waals surface area (Å²) in [7, 11) is 1.78. The number of likely N-dealkylation sites (N-methyl/N-ethyl adjacent to an activating group) is 1. The average Bonchev–Trinajstić information content (AvgIpc) is 2.87. The molecule has 2 aromatic heterocycles. The topological polar surface area (TPSA) is 84.1 Å². The lowest BCUT2D eigenvalue weighted by Gasteiger charge is -2.21. The van der Waals surface area contributed by atoms with Crippen molar-refractivity contribution in [3.63, 3.8) is 0 Å². The number of carbonyl (C=O) groups excluding carboxylic acids is 1. The molecular weight excluding hydrogens is 286 g/mol. The second-order valence-electron chi connectivity index (χ2n) is 4.73. The fraction of sp³-hybridized carbons (Fsp3) is 0.357. The molecule has 0 spiro atoms. The van der Waals surface area contributed by atoms with Gasteiger partial charge in [-0.1, -0.05) is 0 Å². The number of rotatable bonds is 5. The molecule has 1 atom stereocenters. The van der Waals surface area contributed by atoms with Crippen LogP contribution in [-0.2, 0) is 4.79 Å². The van der Waals surface area contributed by atoms with Crippen molar-refractivity contribution in [3.8, 4) is 11.1 Å². The standard InChI is InChI=1S/C14H19N5OS/c1-4-19(3)14(20)9(2)17-13-11(12(15)18-21-13)10-5-7-16-8-6-10/h5-9,17H,4H2,1-3H3,(H2,15,18). The number of pyridine rings is 1. The van der Waals surface area contributed by atoms with Crippen molar-refractivity contribution >= 4 is 28.3 Å². The molecule has 0 aromatic carbocycles. The van der Waals surface area contributed by atoms with Crippen LogP contribution in [0.3, 0.4) is 0 Å². The van der Waals surface area contributed by atoms with Gasteiger partial charge in [0.25, 0.3) is 0 Å². The summed E-state index contributed by atoms with van der Waals surface area (Å²) < 4.78 is 4.18. The number of nitrogens with one attached hydrogen (secondary N) is 1. The highest BCUT2D eigenvalue weighted by molar-refractivity contribution is 7.11. The zero-order valence-electron chi connectivity index (χ0n) is 12.3. The van der Waals surface area contributed by atoms with E-state index in [1.807, 2.05) is 26.0 Å². The van der Waals surface area contributed by atoms with E-state index in [2.05, 4.69) is 14.7 Å². The number of hydrogen-bond donors (Lipinski definition) is 2. The van der Waals surface area contributed by atoms with E-state index in [-0.39, 0.29) is 11.9 Å². The van der Waals surface area contributed by atoms with Gasteiger partial charge in [-0.3, -0.25) is 9.78 Å². The van der Waals surface area contributed by atoms with Gasteiger partial charge in [0.2, 0.25) is 5.91 Å². The highest BCUT2D eigenvalue weighted by Crippen LogP contribution is 2.36. The normalized spacial score (nSPS) is 12.0. The molecule has 1 unspecified atom stereocenters. The van der Waals surface area contributed by atoms with E-state index in [0.717, 1.165) is 16.1 Å². The Kier molecular flexibility index (Phi) is 4.74. The predicted octanol–water partition coefficient (Wildman–Crippen LogP) is 2.07. The lowest BCUT2D eigenvalue weighted by Crippen LogP contribution is -2.38. The molecule has 0 aliphatic heterocycles. The maximum absolute atomic E-state index is 12.1. The Bertz CT molecular complexity index is 613. The Balaban J connectivity index is 2.24. The van der Waals surface area contributed by atoms with Gasteiger partial charge in [-0.25, -0.2) is 0 Å². The molecule has 2 heterocycles. The van der Waals surface area contributed by atoms with Crippen LogP contribution in [0, 0.1) is 0 Å². The number of anilines is 2. The highest BCUT2D eigenvalue weighted by Gasteiger charge is 2.20. The second kappa shape index (κ2) is 6.53. The molecule has 6 nitrogen and oxygen atoms in total. The minimum Gasteiger partial charge on any atom is -0.382 e. The highest BCUT2D eigenvalue weighted by atomic mass is 32.1. The van der Waals surface area contributed by atoms with Crippen molar-refractivity contribution in [2.45, 2.75) is 19.9 Å². The third-order valence-electron chi connectivity index (χ3n) is 3.26. The van der Waals surface area contributed by atoms with Gasteiger partial charge in [-0.05, 0) is 43.1 Å². The molecule has 2 aromatic rings. The third kappa shape index (κ3) is 3.30. The molecule has 2 rings (SSSR count). The molecule has 0 bridgehead atoms. The Morgan fingerprint density at radius 2 is 2.14 bits per heavy atom. The van der Waals surface area contributed by atoms with Gasteiger partial charge in [0, 0.05) is 26.0 Å². The molecule has 0 fully saturated rings. The van der Waals surface area contributed by atoms with Crippen LogP contribution in [-0.4, -0.2) is 39.8 Å². The van der Waals surface area contributed by atoms with Crippen LogP contribution in [0.25, 0.3) is 11.1 Å². The first-order valence-corrected chi connectivity index (χ1v) is 7.49. The van der Waals surface area contributed by atoms with Gasteiger partial charge < -0.3 is 16.0 Å². The summed E-state index contributed by atoms with van der Waals surface area (Å²) in [6, 6.07) is 3.40. The van der Waals surface area contributed by atoms with Gasteiger partial charge >= 0.3 is 0 Å². The van der Waals surface area contributed by atoms with Crippen molar-refractivity contribution in [1.82, 2.24) is 14.3 Å². The fourth-order valence-electron chi connectivity index (χ4n) is 1.94. The summed E-state index contributed by atoms with van der Waals surface area (Å²) in [4.78, 5) is 17.8. The summed E-state index contributed by atoms with van der Waals surface area (Å²) >= 11 is 1.26. The fourth-order valence-corrected chi connectivity index (χ4v) is 2.77. The second-order valence-corrected chi connectivity index (χ2v) is 5.50. The molecule has 21 heavy (non-hydrogen) atoms. The molecule has 112 valence electrons. The van der Waals surface area contributed by atoms with Crippen molar-refractivity contribution < 1.29 is 4.79 Å². The zero-order chi connectivity index (χ0) is 15.4. The van der Waals surface area contributed by atoms with Crippen molar-refractivity contribution in [2.75, 3.05) is 24.6 Å². The summed E-state index contributed by atoms with van der Waals surface area (Å²) in [5.41, 5.74) is 7.71. The number of nitrogens with two attached hydrogens (primary N) is 1. The number of nitrogen functional groups attached to an aromatic ring is 1. The third-order valence-corrected chi connectivity index (χ3v) is 4.05. The van der Waals surface area contributed by atoms with Crippen molar-refractivity contribution in [3.05, 3.63) is 24.5 Å². The smallest absolute Gasteiger partial charge is 0.244 e. The molecule has 0 saturated carbocycles. The van der Waals surface area contributed by atoms with Crippen molar-refractivity contribution in [2.24, 2.45) is 0 Å². The minimum absolute atomic E-state index is 0.0325. The first kappa shape index (κ1) is 15.2. The molecule has 3 N–H and O–H groups in total. The first-order valence-electron chi connectivity index (χ1n) is 6.71. The van der Waals surface area contributed by atoms with Crippen LogP contribution in [0.5, 0.6) is 0 Å². The van der Waals surface area contributed by atoms with E-state index in [0.29, 0.717) is 12.4 Å². The van der Waals surface area contributed by atoms with Crippen LogP contribution >= 0.6 is 11.5 Å². The molecule has 0 saturated heterocycles. The lowest BCUT2D eigenvalue weighted by molar-refractivity contribution is -0.130. The number of hydrogen-bond acceptors (Lipinski definition) is 6. The van der Waals surface area contributed by atoms with Gasteiger partial charge in [-0.2, -0.15) is 4.37 Å².